The van der Waals surface area contributed by atoms with Gasteiger partial charge in [0.15, 0.2) is 0 Å². The fourth-order valence-corrected chi connectivity index (χ4v) is 1.69. The average Bonchev–Trinajstić information content (AvgIpc) is 2.39. The van der Waals surface area contributed by atoms with Gasteiger partial charge in [-0.25, -0.2) is 0 Å². The van der Waals surface area contributed by atoms with Gasteiger partial charge < -0.3 is 16.2 Å². The normalized spacial score (nSPS) is 13.2. The third-order valence-corrected chi connectivity index (χ3v) is 2.82. The predicted molar refractivity (Wildman–Crippen MR) is 79.3 cm³/mol. The summed E-state index contributed by atoms with van der Waals surface area (Å²) >= 11 is 0. The van der Waals surface area contributed by atoms with Crippen molar-refractivity contribution in [3.63, 3.8) is 0 Å². The smallest absolute Gasteiger partial charge is 0.250 e. The van der Waals surface area contributed by atoms with Gasteiger partial charge in [0.2, 0.25) is 5.91 Å². The van der Waals surface area contributed by atoms with Gasteiger partial charge in [-0.2, -0.15) is 0 Å². The molecule has 0 heterocycles. The number of nitrogens with one attached hydrogen (secondary N) is 1. The molecule has 0 aromatic heterocycles. The molecule has 1 rings (SSSR count). The molecule has 4 nitrogen and oxygen atoms in total. The third-order valence-electron chi connectivity index (χ3n) is 2.82. The van der Waals surface area contributed by atoms with Crippen molar-refractivity contribution < 1.29 is 9.90 Å². The average molecular weight is 287 g/mol. The predicted octanol–water partition coefficient (Wildman–Crippen LogP) is 1.26. The van der Waals surface area contributed by atoms with Crippen LogP contribution in [0.3, 0.4) is 0 Å². The number of unbranched alkanes of at least 4 members (excludes halogenated alkanes) is 1. The van der Waals surface area contributed by atoms with E-state index in [1.807, 2.05) is 37.3 Å². The molecule has 0 saturated carbocycles. The first-order valence-corrected chi connectivity index (χ1v) is 6.40. The quantitative estimate of drug-likeness (QED) is 0.661. The van der Waals surface area contributed by atoms with Crippen LogP contribution in [0.1, 0.15) is 25.3 Å². The number of halogens is 1. The van der Waals surface area contributed by atoms with Gasteiger partial charge in [0.25, 0.3) is 0 Å². The van der Waals surface area contributed by atoms with Crippen molar-refractivity contribution in [2.75, 3.05) is 6.54 Å². The van der Waals surface area contributed by atoms with Gasteiger partial charge in [0.1, 0.15) is 6.10 Å². The lowest BCUT2D eigenvalue weighted by Gasteiger charge is -2.18. The topological polar surface area (TPSA) is 75.3 Å². The molecule has 0 bridgehead atoms. The van der Waals surface area contributed by atoms with E-state index in [1.165, 1.54) is 0 Å². The molecule has 19 heavy (non-hydrogen) atoms. The van der Waals surface area contributed by atoms with E-state index in [-0.39, 0.29) is 18.3 Å². The fourth-order valence-electron chi connectivity index (χ4n) is 1.69. The van der Waals surface area contributed by atoms with Gasteiger partial charge in [-0.3, -0.25) is 4.79 Å². The van der Waals surface area contributed by atoms with Crippen LogP contribution in [0.2, 0.25) is 0 Å². The van der Waals surface area contributed by atoms with Crippen LogP contribution < -0.4 is 11.1 Å². The summed E-state index contributed by atoms with van der Waals surface area (Å²) in [5.74, 6) is -0.383. The molecule has 0 radical (unpaired) electrons. The van der Waals surface area contributed by atoms with Crippen molar-refractivity contribution in [2.45, 2.75) is 38.3 Å². The van der Waals surface area contributed by atoms with Crippen LogP contribution in [0.25, 0.3) is 0 Å². The second kappa shape index (κ2) is 9.78. The van der Waals surface area contributed by atoms with Crippen LogP contribution in [0.15, 0.2) is 30.3 Å². The molecule has 1 aromatic carbocycles. The first-order chi connectivity index (χ1) is 8.65. The number of amides is 1. The van der Waals surface area contributed by atoms with Gasteiger partial charge in [-0.15, -0.1) is 12.4 Å². The molecule has 5 heteroatoms. The largest absolute Gasteiger partial charge is 0.382 e. The monoisotopic (exact) mass is 286 g/mol. The number of nitrogens with two attached hydrogens (primary N) is 1. The minimum atomic E-state index is -1.15. The highest BCUT2D eigenvalue weighted by Gasteiger charge is 2.22. The maximum absolute atomic E-state index is 11.6. The lowest BCUT2D eigenvalue weighted by Crippen LogP contribution is -2.47. The molecular formula is C14H23ClN2O2. The molecule has 0 aliphatic heterocycles. The first kappa shape index (κ1) is 17.9. The number of hydrogen-bond donors (Lipinski definition) is 3. The zero-order chi connectivity index (χ0) is 13.4. The molecule has 0 aliphatic rings. The summed E-state index contributed by atoms with van der Waals surface area (Å²) in [7, 11) is 0. The van der Waals surface area contributed by atoms with Crippen molar-refractivity contribution in [3.8, 4) is 0 Å². The fraction of sp³-hybridized carbons (Fsp3) is 0.500. The highest BCUT2D eigenvalue weighted by atomic mass is 35.5. The summed E-state index contributed by atoms with van der Waals surface area (Å²) in [5.41, 5.74) is 6.86. The Kier molecular flexibility index (Phi) is 9.21. The molecule has 4 N–H and O–H groups in total. The van der Waals surface area contributed by atoms with E-state index in [4.69, 9.17) is 5.73 Å². The second-order valence-corrected chi connectivity index (χ2v) is 4.44. The molecule has 2 unspecified atom stereocenters. The number of benzene rings is 1. The lowest BCUT2D eigenvalue weighted by molar-refractivity contribution is -0.130. The Bertz CT molecular complexity index is 360. The Morgan fingerprint density at radius 3 is 2.58 bits per heavy atom. The van der Waals surface area contributed by atoms with E-state index < -0.39 is 12.1 Å². The highest BCUT2D eigenvalue weighted by Crippen LogP contribution is 2.04. The number of carbonyl (C=O) groups is 1. The standard InChI is InChI=1S/C14H22N2O2.ClH/c1-2-3-9-16-14(18)13(17)12(15)10-11-7-5-4-6-8-11;/h4-8,12-13,17H,2-3,9-10,15H2,1H3,(H,16,18);1H. The molecule has 1 aromatic rings. The summed E-state index contributed by atoms with van der Waals surface area (Å²) in [6, 6.07) is 9.03. The van der Waals surface area contributed by atoms with Crippen molar-refractivity contribution in [2.24, 2.45) is 5.73 Å². The Labute approximate surface area is 120 Å². The Hall–Kier alpha value is -1.10. The van der Waals surface area contributed by atoms with Crippen molar-refractivity contribution in [1.82, 2.24) is 5.32 Å². The second-order valence-electron chi connectivity index (χ2n) is 4.44. The Balaban J connectivity index is 0.00000324. The van der Waals surface area contributed by atoms with Crippen molar-refractivity contribution in [3.05, 3.63) is 35.9 Å². The van der Waals surface area contributed by atoms with E-state index in [0.29, 0.717) is 13.0 Å². The van der Waals surface area contributed by atoms with E-state index >= 15 is 0 Å². The van der Waals surface area contributed by atoms with Crippen molar-refractivity contribution >= 4 is 18.3 Å². The van der Waals surface area contributed by atoms with Crippen LogP contribution in [-0.2, 0) is 11.2 Å². The Morgan fingerprint density at radius 1 is 1.37 bits per heavy atom. The summed E-state index contributed by atoms with van der Waals surface area (Å²) < 4.78 is 0. The summed E-state index contributed by atoms with van der Waals surface area (Å²) in [6.07, 6.45) is 1.25. The molecule has 0 spiro atoms. The molecule has 0 fully saturated rings. The SMILES string of the molecule is CCCCNC(=O)C(O)C(N)Cc1ccccc1.Cl. The van der Waals surface area contributed by atoms with Gasteiger partial charge in [0.05, 0.1) is 0 Å². The van der Waals surface area contributed by atoms with E-state index in [2.05, 4.69) is 5.32 Å². The molecular weight excluding hydrogens is 264 g/mol. The third kappa shape index (κ3) is 6.57. The maximum atomic E-state index is 11.6. The molecule has 0 saturated heterocycles. The van der Waals surface area contributed by atoms with Crippen molar-refractivity contribution in [1.29, 1.82) is 0 Å². The number of aliphatic hydroxyl groups excluding tert-OH is 1. The van der Waals surface area contributed by atoms with E-state index in [1.54, 1.807) is 0 Å². The first-order valence-electron chi connectivity index (χ1n) is 6.40. The number of carbonyl (C=O) groups excluding carboxylic acids is 1. The molecule has 108 valence electrons. The van der Waals surface area contributed by atoms with Gasteiger partial charge in [0, 0.05) is 12.6 Å². The summed E-state index contributed by atoms with van der Waals surface area (Å²) in [6.45, 7) is 2.63. The summed E-state index contributed by atoms with van der Waals surface area (Å²) in [5, 5.41) is 12.5. The minimum absolute atomic E-state index is 0. The molecule has 1 amide bonds. The van der Waals surface area contributed by atoms with Crippen LogP contribution in [0.4, 0.5) is 0 Å². The number of hydrogen-bond acceptors (Lipinski definition) is 3. The molecule has 0 aliphatic carbocycles. The zero-order valence-corrected chi connectivity index (χ0v) is 12.0. The van der Waals surface area contributed by atoms with Gasteiger partial charge >= 0.3 is 0 Å². The molecule has 2 atom stereocenters. The van der Waals surface area contributed by atoms with Crippen LogP contribution in [0, 0.1) is 0 Å². The number of rotatable bonds is 7. The summed E-state index contributed by atoms with van der Waals surface area (Å²) in [4.78, 5) is 11.6. The van der Waals surface area contributed by atoms with Crippen LogP contribution in [0.5, 0.6) is 0 Å². The van der Waals surface area contributed by atoms with Crippen LogP contribution >= 0.6 is 12.4 Å². The highest BCUT2D eigenvalue weighted by molar-refractivity contribution is 5.85. The number of aliphatic hydroxyl groups is 1. The maximum Gasteiger partial charge on any atom is 0.250 e. The van der Waals surface area contributed by atoms with E-state index in [0.717, 1.165) is 18.4 Å². The Morgan fingerprint density at radius 2 is 2.00 bits per heavy atom. The lowest BCUT2D eigenvalue weighted by atomic mass is 10.0. The van der Waals surface area contributed by atoms with Crippen LogP contribution in [-0.4, -0.2) is 29.7 Å². The van der Waals surface area contributed by atoms with Gasteiger partial charge in [-0.05, 0) is 18.4 Å². The van der Waals surface area contributed by atoms with Gasteiger partial charge in [-0.1, -0.05) is 43.7 Å². The van der Waals surface area contributed by atoms with E-state index in [9.17, 15) is 9.90 Å². The zero-order valence-electron chi connectivity index (χ0n) is 11.2. The minimum Gasteiger partial charge on any atom is -0.382 e.